The number of aromatic nitrogens is 1. The molecular formula is C23H33N3O2. The van der Waals surface area contributed by atoms with E-state index >= 15 is 0 Å². The standard InChI is InChI=1S/C23H33N3O2/c1-23(2,3)18-9-11-19(12-10-18)28-17-22(27)24-16-21(26-14-5-6-15-26)20-8-7-13-25(20)4/h7-13,21H,5-6,14-17H2,1-4H3,(H,24,27). The molecule has 1 unspecified atom stereocenters. The van der Waals surface area contributed by atoms with E-state index < -0.39 is 0 Å². The molecule has 28 heavy (non-hydrogen) atoms. The third-order valence-electron chi connectivity index (χ3n) is 5.49. The van der Waals surface area contributed by atoms with Gasteiger partial charge in [0.1, 0.15) is 5.75 Å². The molecule has 5 nitrogen and oxygen atoms in total. The second-order valence-corrected chi connectivity index (χ2v) is 8.67. The fourth-order valence-electron chi connectivity index (χ4n) is 3.76. The highest BCUT2D eigenvalue weighted by Gasteiger charge is 2.25. The Morgan fingerprint density at radius 2 is 1.82 bits per heavy atom. The number of amides is 1. The number of carbonyl (C=O) groups is 1. The van der Waals surface area contributed by atoms with Crippen molar-refractivity contribution < 1.29 is 9.53 Å². The number of hydrogen-bond acceptors (Lipinski definition) is 3. The zero-order valence-electron chi connectivity index (χ0n) is 17.6. The first-order chi connectivity index (χ1) is 13.3. The summed E-state index contributed by atoms with van der Waals surface area (Å²) in [7, 11) is 2.06. The smallest absolute Gasteiger partial charge is 0.258 e. The Hall–Kier alpha value is -2.27. The minimum absolute atomic E-state index is 0.0364. The predicted molar refractivity (Wildman–Crippen MR) is 113 cm³/mol. The largest absolute Gasteiger partial charge is 0.484 e. The Morgan fingerprint density at radius 3 is 2.39 bits per heavy atom. The van der Waals surface area contributed by atoms with Crippen molar-refractivity contribution in [2.24, 2.45) is 7.05 Å². The number of rotatable bonds is 7. The predicted octanol–water partition coefficient (Wildman–Crippen LogP) is 3.65. The lowest BCUT2D eigenvalue weighted by Crippen LogP contribution is -2.39. The van der Waals surface area contributed by atoms with Crippen LogP contribution in [0.1, 0.15) is 50.9 Å². The maximum absolute atomic E-state index is 12.4. The van der Waals surface area contributed by atoms with Gasteiger partial charge in [0.2, 0.25) is 0 Å². The number of hydrogen-bond donors (Lipinski definition) is 1. The van der Waals surface area contributed by atoms with E-state index in [1.807, 2.05) is 12.1 Å². The number of aryl methyl sites for hydroxylation is 1. The van der Waals surface area contributed by atoms with Crippen molar-refractivity contribution in [3.05, 3.63) is 53.9 Å². The van der Waals surface area contributed by atoms with Crippen LogP contribution < -0.4 is 10.1 Å². The van der Waals surface area contributed by atoms with Gasteiger partial charge < -0.3 is 14.6 Å². The van der Waals surface area contributed by atoms with E-state index in [2.05, 4.69) is 73.1 Å². The van der Waals surface area contributed by atoms with Gasteiger partial charge in [0, 0.05) is 25.5 Å². The first-order valence-corrected chi connectivity index (χ1v) is 10.2. The number of carbonyl (C=O) groups excluding carboxylic acids is 1. The molecule has 1 aliphatic rings. The molecule has 0 spiro atoms. The van der Waals surface area contributed by atoms with E-state index in [1.165, 1.54) is 24.1 Å². The summed E-state index contributed by atoms with van der Waals surface area (Å²) >= 11 is 0. The van der Waals surface area contributed by atoms with Gasteiger partial charge in [-0.2, -0.15) is 0 Å². The van der Waals surface area contributed by atoms with Crippen LogP contribution in [0.15, 0.2) is 42.6 Å². The van der Waals surface area contributed by atoms with Crippen LogP contribution in [0.25, 0.3) is 0 Å². The summed E-state index contributed by atoms with van der Waals surface area (Å²) in [5.74, 6) is 0.639. The van der Waals surface area contributed by atoms with E-state index in [1.54, 1.807) is 0 Å². The van der Waals surface area contributed by atoms with Crippen LogP contribution in [-0.2, 0) is 17.3 Å². The highest BCUT2D eigenvalue weighted by atomic mass is 16.5. The minimum Gasteiger partial charge on any atom is -0.484 e. The van der Waals surface area contributed by atoms with E-state index in [4.69, 9.17) is 4.74 Å². The van der Waals surface area contributed by atoms with E-state index in [-0.39, 0.29) is 24.0 Å². The molecule has 1 fully saturated rings. The van der Waals surface area contributed by atoms with Gasteiger partial charge in [0.25, 0.3) is 5.91 Å². The maximum atomic E-state index is 12.4. The van der Waals surface area contributed by atoms with Crippen molar-refractivity contribution >= 4 is 5.91 Å². The lowest BCUT2D eigenvalue weighted by Gasteiger charge is -2.28. The quantitative estimate of drug-likeness (QED) is 0.794. The van der Waals surface area contributed by atoms with Crippen molar-refractivity contribution in [2.75, 3.05) is 26.2 Å². The van der Waals surface area contributed by atoms with Crippen LogP contribution in [0.2, 0.25) is 0 Å². The number of ether oxygens (including phenoxy) is 1. The molecule has 0 aliphatic carbocycles. The van der Waals surface area contributed by atoms with Gasteiger partial charge >= 0.3 is 0 Å². The Kier molecular flexibility index (Phi) is 6.45. The average Bonchev–Trinajstić information content (AvgIpc) is 3.33. The summed E-state index contributed by atoms with van der Waals surface area (Å²) in [6, 6.07) is 12.4. The minimum atomic E-state index is -0.0849. The molecule has 1 saturated heterocycles. The Labute approximate surface area is 168 Å². The number of nitrogens with one attached hydrogen (secondary N) is 1. The van der Waals surface area contributed by atoms with Crippen LogP contribution in [0.5, 0.6) is 5.75 Å². The normalized spacial score (nSPS) is 16.1. The van der Waals surface area contributed by atoms with Gasteiger partial charge in [-0.1, -0.05) is 32.9 Å². The molecule has 0 radical (unpaired) electrons. The average molecular weight is 384 g/mol. The van der Waals surface area contributed by atoms with Gasteiger partial charge in [-0.25, -0.2) is 0 Å². The molecule has 1 aromatic heterocycles. The van der Waals surface area contributed by atoms with Gasteiger partial charge in [0.15, 0.2) is 6.61 Å². The van der Waals surface area contributed by atoms with Crippen LogP contribution in [0.4, 0.5) is 0 Å². The summed E-state index contributed by atoms with van der Waals surface area (Å²) in [6.45, 7) is 9.35. The molecule has 1 N–H and O–H groups in total. The van der Waals surface area contributed by atoms with Gasteiger partial charge in [-0.05, 0) is 61.2 Å². The van der Waals surface area contributed by atoms with Crippen LogP contribution in [-0.4, -0.2) is 41.6 Å². The fraction of sp³-hybridized carbons (Fsp3) is 0.522. The Bertz CT molecular complexity index is 768. The molecule has 1 atom stereocenters. The lowest BCUT2D eigenvalue weighted by molar-refractivity contribution is -0.123. The van der Waals surface area contributed by atoms with Crippen molar-refractivity contribution in [1.29, 1.82) is 0 Å². The van der Waals surface area contributed by atoms with E-state index in [0.717, 1.165) is 18.8 Å². The molecule has 5 heteroatoms. The van der Waals surface area contributed by atoms with Crippen molar-refractivity contribution in [2.45, 2.75) is 45.1 Å². The molecule has 2 heterocycles. The van der Waals surface area contributed by atoms with Crippen LogP contribution in [0.3, 0.4) is 0 Å². The molecule has 1 aliphatic heterocycles. The van der Waals surface area contributed by atoms with Crippen molar-refractivity contribution in [1.82, 2.24) is 14.8 Å². The molecular weight excluding hydrogens is 350 g/mol. The van der Waals surface area contributed by atoms with Crippen molar-refractivity contribution in [3.63, 3.8) is 0 Å². The maximum Gasteiger partial charge on any atom is 0.258 e. The van der Waals surface area contributed by atoms with Gasteiger partial charge in [-0.3, -0.25) is 9.69 Å². The Balaban J connectivity index is 1.53. The van der Waals surface area contributed by atoms with Gasteiger partial charge in [0.05, 0.1) is 6.04 Å². The van der Waals surface area contributed by atoms with E-state index in [0.29, 0.717) is 6.54 Å². The molecule has 0 saturated carbocycles. The molecule has 3 rings (SSSR count). The van der Waals surface area contributed by atoms with E-state index in [9.17, 15) is 4.79 Å². The highest BCUT2D eigenvalue weighted by Crippen LogP contribution is 2.25. The summed E-state index contributed by atoms with van der Waals surface area (Å²) in [5, 5.41) is 3.06. The third-order valence-corrected chi connectivity index (χ3v) is 5.49. The molecule has 1 aromatic carbocycles. The molecule has 2 aromatic rings. The highest BCUT2D eigenvalue weighted by molar-refractivity contribution is 5.77. The zero-order chi connectivity index (χ0) is 20.1. The summed E-state index contributed by atoms with van der Waals surface area (Å²) in [6.07, 6.45) is 4.51. The number of nitrogens with zero attached hydrogens (tertiary/aromatic N) is 2. The zero-order valence-corrected chi connectivity index (χ0v) is 17.6. The Morgan fingerprint density at radius 1 is 1.14 bits per heavy atom. The summed E-state index contributed by atoms with van der Waals surface area (Å²) in [5.41, 5.74) is 2.60. The summed E-state index contributed by atoms with van der Waals surface area (Å²) < 4.78 is 7.82. The first-order valence-electron chi connectivity index (χ1n) is 10.2. The van der Waals surface area contributed by atoms with Gasteiger partial charge in [-0.15, -0.1) is 0 Å². The molecule has 1 amide bonds. The third kappa shape index (κ3) is 5.16. The molecule has 152 valence electrons. The van der Waals surface area contributed by atoms with Crippen LogP contribution >= 0.6 is 0 Å². The van der Waals surface area contributed by atoms with Crippen molar-refractivity contribution in [3.8, 4) is 5.75 Å². The second-order valence-electron chi connectivity index (χ2n) is 8.67. The SMILES string of the molecule is Cn1cccc1C(CNC(=O)COc1ccc(C(C)(C)C)cc1)N1CCCC1. The number of likely N-dealkylation sites (tertiary alicyclic amines) is 1. The van der Waals surface area contributed by atoms with Crippen LogP contribution in [0, 0.1) is 0 Å². The fourth-order valence-corrected chi connectivity index (χ4v) is 3.76. The number of benzene rings is 1. The lowest BCUT2D eigenvalue weighted by atomic mass is 9.87. The first kappa shape index (κ1) is 20.5. The molecule has 0 bridgehead atoms. The monoisotopic (exact) mass is 383 g/mol. The summed E-state index contributed by atoms with van der Waals surface area (Å²) in [4.78, 5) is 14.8. The second kappa shape index (κ2) is 8.82. The topological polar surface area (TPSA) is 46.5 Å².